The van der Waals surface area contributed by atoms with E-state index >= 15 is 0 Å². The molecule has 0 aliphatic heterocycles. The van der Waals surface area contributed by atoms with E-state index < -0.39 is 0 Å². The van der Waals surface area contributed by atoms with Gasteiger partial charge in [-0.05, 0) is 30.9 Å². The molecule has 19 heavy (non-hydrogen) atoms. The van der Waals surface area contributed by atoms with Crippen molar-refractivity contribution in [3.8, 4) is 0 Å². The van der Waals surface area contributed by atoms with Gasteiger partial charge in [0.1, 0.15) is 0 Å². The number of benzene rings is 1. The van der Waals surface area contributed by atoms with Gasteiger partial charge in [-0.2, -0.15) is 0 Å². The lowest BCUT2D eigenvalue weighted by atomic mass is 10.0. The van der Waals surface area contributed by atoms with E-state index in [1.54, 1.807) is 0 Å². The van der Waals surface area contributed by atoms with Crippen LogP contribution in [0.25, 0.3) is 0 Å². The quantitative estimate of drug-likeness (QED) is 0.582. The van der Waals surface area contributed by atoms with Crippen molar-refractivity contribution in [2.24, 2.45) is 5.92 Å². The Balaban J connectivity index is 2.93. The van der Waals surface area contributed by atoms with Crippen molar-refractivity contribution in [1.29, 1.82) is 0 Å². The van der Waals surface area contributed by atoms with Gasteiger partial charge in [0.2, 0.25) is 0 Å². The number of amides is 1. The molecule has 0 heterocycles. The Morgan fingerprint density at radius 2 is 2.11 bits per heavy atom. The molecule has 0 atom stereocenters. The summed E-state index contributed by atoms with van der Waals surface area (Å²) in [5.41, 5.74) is 6.23. The van der Waals surface area contributed by atoms with Crippen LogP contribution in [0.2, 0.25) is 0 Å². The van der Waals surface area contributed by atoms with Gasteiger partial charge in [0.25, 0.3) is 5.91 Å². The van der Waals surface area contributed by atoms with E-state index in [2.05, 4.69) is 58.2 Å². The van der Waals surface area contributed by atoms with Crippen LogP contribution < -0.4 is 0 Å². The predicted octanol–water partition coefficient (Wildman–Crippen LogP) is 3.63. The molecule has 102 valence electrons. The molecular formula is C17H23NO. The number of carbonyl (C=O) groups is 1. The fourth-order valence-electron chi connectivity index (χ4n) is 2.08. The van der Waals surface area contributed by atoms with Crippen molar-refractivity contribution >= 4 is 5.91 Å². The third-order valence-corrected chi connectivity index (χ3v) is 2.98. The molecule has 1 aromatic rings. The lowest BCUT2D eigenvalue weighted by Crippen LogP contribution is -2.32. The average Bonchev–Trinajstić information content (AvgIpc) is 2.31. The molecular weight excluding hydrogens is 234 g/mol. The Hall–Kier alpha value is -1.79. The maximum Gasteiger partial charge on any atom is 0.254 e. The highest BCUT2D eigenvalue weighted by molar-refractivity contribution is 5.87. The van der Waals surface area contributed by atoms with Gasteiger partial charge in [-0.15, -0.1) is 5.73 Å². The van der Waals surface area contributed by atoms with Crippen molar-refractivity contribution in [1.82, 2.24) is 4.90 Å². The van der Waals surface area contributed by atoms with Gasteiger partial charge in [0, 0.05) is 19.2 Å². The van der Waals surface area contributed by atoms with E-state index in [1.807, 2.05) is 4.90 Å². The van der Waals surface area contributed by atoms with Gasteiger partial charge in [-0.1, -0.05) is 44.2 Å². The molecule has 1 aromatic carbocycles. The number of nitrogens with zero attached hydrogens (tertiary/aromatic N) is 1. The molecule has 0 aliphatic carbocycles. The number of rotatable bonds is 5. The predicted molar refractivity (Wildman–Crippen MR) is 79.9 cm³/mol. The zero-order valence-electron chi connectivity index (χ0n) is 12.4. The van der Waals surface area contributed by atoms with Crippen molar-refractivity contribution < 1.29 is 4.79 Å². The van der Waals surface area contributed by atoms with Crippen molar-refractivity contribution in [3.63, 3.8) is 0 Å². The Labute approximate surface area is 116 Å². The highest BCUT2D eigenvalue weighted by atomic mass is 16.2. The van der Waals surface area contributed by atoms with Gasteiger partial charge in [-0.3, -0.25) is 4.79 Å². The Kier molecular flexibility index (Phi) is 5.59. The molecule has 0 saturated heterocycles. The van der Waals surface area contributed by atoms with Crippen LogP contribution in [0.1, 0.15) is 30.5 Å². The molecule has 1 amide bonds. The van der Waals surface area contributed by atoms with Crippen LogP contribution in [0.3, 0.4) is 0 Å². The summed E-state index contributed by atoms with van der Waals surface area (Å²) in [6.07, 6.45) is 1.41. The highest BCUT2D eigenvalue weighted by Crippen LogP contribution is 2.14. The minimum Gasteiger partial charge on any atom is -0.334 e. The molecule has 0 aromatic heterocycles. The minimum absolute atomic E-state index is 0.0244. The van der Waals surface area contributed by atoms with E-state index in [0.29, 0.717) is 12.5 Å². The molecule has 0 radical (unpaired) electrons. The standard InChI is InChI=1S/C17H23NO/c1-6-7-17(19)18(11-13(2)3)12-16-9-8-14(4)10-15(16)5/h7-10,13H,1,11-12H2,2-5H3. The summed E-state index contributed by atoms with van der Waals surface area (Å²) in [5, 5.41) is 0. The number of carbonyl (C=O) groups excluding carboxylic acids is 1. The molecule has 0 N–H and O–H groups in total. The summed E-state index contributed by atoms with van der Waals surface area (Å²) in [4.78, 5) is 13.9. The lowest BCUT2D eigenvalue weighted by molar-refractivity contribution is -0.127. The lowest BCUT2D eigenvalue weighted by Gasteiger charge is -2.24. The van der Waals surface area contributed by atoms with Gasteiger partial charge >= 0.3 is 0 Å². The summed E-state index contributed by atoms with van der Waals surface area (Å²) >= 11 is 0. The number of hydrogen-bond donors (Lipinski definition) is 0. The van der Waals surface area contributed by atoms with E-state index in [0.717, 1.165) is 6.54 Å². The van der Waals surface area contributed by atoms with Gasteiger partial charge < -0.3 is 4.90 Å². The Morgan fingerprint density at radius 1 is 1.42 bits per heavy atom. The van der Waals surface area contributed by atoms with Gasteiger partial charge in [-0.25, -0.2) is 0 Å². The van der Waals surface area contributed by atoms with Crippen LogP contribution in [0, 0.1) is 19.8 Å². The molecule has 0 saturated carbocycles. The third-order valence-electron chi connectivity index (χ3n) is 2.98. The number of hydrogen-bond acceptors (Lipinski definition) is 1. The SMILES string of the molecule is C=C=CC(=O)N(Cc1ccc(C)cc1C)CC(C)C. The first-order valence-corrected chi connectivity index (χ1v) is 6.65. The first kappa shape index (κ1) is 15.3. The summed E-state index contributed by atoms with van der Waals surface area (Å²) in [6, 6.07) is 6.34. The second kappa shape index (κ2) is 6.96. The van der Waals surface area contributed by atoms with Crippen molar-refractivity contribution in [2.75, 3.05) is 6.54 Å². The van der Waals surface area contributed by atoms with E-state index in [1.165, 1.54) is 22.8 Å². The minimum atomic E-state index is -0.0244. The van der Waals surface area contributed by atoms with Crippen molar-refractivity contribution in [2.45, 2.75) is 34.2 Å². The fraction of sp³-hybridized carbons (Fsp3) is 0.412. The summed E-state index contributed by atoms with van der Waals surface area (Å²) in [7, 11) is 0. The fourth-order valence-corrected chi connectivity index (χ4v) is 2.08. The largest absolute Gasteiger partial charge is 0.334 e. The Bertz CT molecular complexity index is 496. The summed E-state index contributed by atoms with van der Waals surface area (Å²) in [5.74, 6) is 0.414. The summed E-state index contributed by atoms with van der Waals surface area (Å²) in [6.45, 7) is 13.2. The third kappa shape index (κ3) is 4.76. The van der Waals surface area contributed by atoms with Gasteiger partial charge in [0.05, 0.1) is 0 Å². The molecule has 0 unspecified atom stereocenters. The molecule has 0 fully saturated rings. The zero-order chi connectivity index (χ0) is 14.4. The first-order valence-electron chi connectivity index (χ1n) is 6.65. The van der Waals surface area contributed by atoms with E-state index in [9.17, 15) is 4.79 Å². The molecule has 2 heteroatoms. The van der Waals surface area contributed by atoms with E-state index in [-0.39, 0.29) is 5.91 Å². The summed E-state index contributed by atoms with van der Waals surface area (Å²) < 4.78 is 0. The van der Waals surface area contributed by atoms with Crippen LogP contribution in [0.5, 0.6) is 0 Å². The Morgan fingerprint density at radius 3 is 2.63 bits per heavy atom. The average molecular weight is 257 g/mol. The first-order chi connectivity index (χ1) is 8.93. The second-order valence-corrected chi connectivity index (χ2v) is 5.39. The molecule has 0 spiro atoms. The van der Waals surface area contributed by atoms with Crippen LogP contribution >= 0.6 is 0 Å². The van der Waals surface area contributed by atoms with Crippen LogP contribution in [-0.2, 0) is 11.3 Å². The molecule has 0 aliphatic rings. The number of aryl methyl sites for hydroxylation is 2. The van der Waals surface area contributed by atoms with Crippen LogP contribution in [0.15, 0.2) is 36.6 Å². The van der Waals surface area contributed by atoms with E-state index in [4.69, 9.17) is 0 Å². The zero-order valence-corrected chi connectivity index (χ0v) is 12.4. The molecule has 2 nitrogen and oxygen atoms in total. The maximum atomic E-state index is 12.0. The monoisotopic (exact) mass is 257 g/mol. The highest BCUT2D eigenvalue weighted by Gasteiger charge is 2.14. The smallest absolute Gasteiger partial charge is 0.254 e. The van der Waals surface area contributed by atoms with Crippen LogP contribution in [-0.4, -0.2) is 17.4 Å². The normalized spacial score (nSPS) is 10.2. The van der Waals surface area contributed by atoms with Crippen LogP contribution in [0.4, 0.5) is 0 Å². The maximum absolute atomic E-state index is 12.0. The molecule has 0 bridgehead atoms. The topological polar surface area (TPSA) is 20.3 Å². The molecule has 1 rings (SSSR count). The van der Waals surface area contributed by atoms with Crippen molar-refractivity contribution in [3.05, 3.63) is 53.3 Å². The van der Waals surface area contributed by atoms with Gasteiger partial charge in [0.15, 0.2) is 0 Å². The second-order valence-electron chi connectivity index (χ2n) is 5.39.